The lowest BCUT2D eigenvalue weighted by Crippen LogP contribution is -1.97. The van der Waals surface area contributed by atoms with E-state index in [9.17, 15) is 0 Å². The molecule has 2 aromatic rings. The van der Waals surface area contributed by atoms with Gasteiger partial charge in [0.1, 0.15) is 0 Å². The van der Waals surface area contributed by atoms with E-state index in [1.165, 1.54) is 4.68 Å². The third kappa shape index (κ3) is 2.87. The van der Waals surface area contributed by atoms with Gasteiger partial charge in [-0.3, -0.25) is 0 Å². The minimum atomic E-state index is 0.354. The van der Waals surface area contributed by atoms with Gasteiger partial charge in [-0.2, -0.15) is 5.10 Å². The second-order valence-electron chi connectivity index (χ2n) is 3.50. The number of imidazole rings is 1. The molecular formula is C11H10BrClN4. The summed E-state index contributed by atoms with van der Waals surface area (Å²) in [6.45, 7) is 1.86. The molecule has 1 heterocycles. The van der Waals surface area contributed by atoms with Crippen LogP contribution in [0.15, 0.2) is 34.0 Å². The third-order valence-electron chi connectivity index (χ3n) is 2.12. The normalized spacial score (nSPS) is 11.2. The molecule has 0 fully saturated rings. The molecule has 0 radical (unpaired) electrons. The van der Waals surface area contributed by atoms with Crippen LogP contribution in [0.4, 0.5) is 5.95 Å². The van der Waals surface area contributed by atoms with Crippen molar-refractivity contribution in [1.82, 2.24) is 9.66 Å². The Morgan fingerprint density at radius 2 is 2.29 bits per heavy atom. The Morgan fingerprint density at radius 3 is 2.88 bits per heavy atom. The molecule has 0 bridgehead atoms. The second-order valence-corrected chi connectivity index (χ2v) is 4.82. The van der Waals surface area contributed by atoms with Crippen molar-refractivity contribution in [2.24, 2.45) is 5.10 Å². The number of hydrogen-bond acceptors (Lipinski definition) is 3. The van der Waals surface area contributed by atoms with E-state index in [-0.39, 0.29) is 0 Å². The van der Waals surface area contributed by atoms with Crippen LogP contribution in [-0.2, 0) is 0 Å². The van der Waals surface area contributed by atoms with Crippen LogP contribution in [-0.4, -0.2) is 15.9 Å². The second kappa shape index (κ2) is 4.89. The van der Waals surface area contributed by atoms with Gasteiger partial charge in [0.2, 0.25) is 5.95 Å². The standard InChI is InChI=1S/C11H10BrClN4/c1-7-6-17(11(14)16-7)15-5-8-2-3-9(12)4-10(8)13/h2-6H,1H3,(H2,14,16). The zero-order valence-corrected chi connectivity index (χ0v) is 11.4. The lowest BCUT2D eigenvalue weighted by Gasteiger charge is -1.99. The minimum Gasteiger partial charge on any atom is -0.368 e. The van der Waals surface area contributed by atoms with Gasteiger partial charge in [0, 0.05) is 10.0 Å². The molecule has 0 amide bonds. The molecule has 2 rings (SSSR count). The van der Waals surface area contributed by atoms with Crippen LogP contribution >= 0.6 is 27.5 Å². The highest BCUT2D eigenvalue weighted by Gasteiger charge is 2.00. The number of hydrogen-bond donors (Lipinski definition) is 1. The zero-order chi connectivity index (χ0) is 12.4. The van der Waals surface area contributed by atoms with Gasteiger partial charge in [-0.25, -0.2) is 9.66 Å². The summed E-state index contributed by atoms with van der Waals surface area (Å²) in [4.78, 5) is 4.05. The van der Waals surface area contributed by atoms with Crippen LogP contribution in [0.3, 0.4) is 0 Å². The first-order valence-corrected chi connectivity index (χ1v) is 6.04. The van der Waals surface area contributed by atoms with Crippen molar-refractivity contribution in [3.8, 4) is 0 Å². The molecule has 0 spiro atoms. The van der Waals surface area contributed by atoms with E-state index in [1.54, 1.807) is 12.4 Å². The third-order valence-corrected chi connectivity index (χ3v) is 2.94. The predicted octanol–water partition coefficient (Wildman–Crippen LogP) is 3.07. The van der Waals surface area contributed by atoms with Crippen LogP contribution in [0, 0.1) is 6.92 Å². The number of nitrogen functional groups attached to an aromatic ring is 1. The number of nitrogens with two attached hydrogens (primary N) is 1. The first-order valence-electron chi connectivity index (χ1n) is 4.87. The molecule has 17 heavy (non-hydrogen) atoms. The van der Waals surface area contributed by atoms with E-state index in [0.29, 0.717) is 11.0 Å². The first-order chi connectivity index (χ1) is 8.06. The molecule has 0 atom stereocenters. The van der Waals surface area contributed by atoms with Crippen molar-refractivity contribution >= 4 is 39.7 Å². The summed E-state index contributed by atoms with van der Waals surface area (Å²) in [7, 11) is 0. The van der Waals surface area contributed by atoms with E-state index < -0.39 is 0 Å². The molecule has 0 saturated carbocycles. The number of anilines is 1. The average molecular weight is 314 g/mol. The van der Waals surface area contributed by atoms with Crippen LogP contribution < -0.4 is 5.73 Å². The van der Waals surface area contributed by atoms with Crippen molar-refractivity contribution in [2.45, 2.75) is 6.92 Å². The molecule has 0 aliphatic rings. The molecule has 4 nitrogen and oxygen atoms in total. The molecule has 0 aliphatic carbocycles. The highest BCUT2D eigenvalue weighted by atomic mass is 79.9. The van der Waals surface area contributed by atoms with E-state index >= 15 is 0 Å². The Hall–Kier alpha value is -1.33. The summed E-state index contributed by atoms with van der Waals surface area (Å²) in [5.41, 5.74) is 7.31. The quantitative estimate of drug-likeness (QED) is 0.866. The lowest BCUT2D eigenvalue weighted by atomic mass is 10.2. The number of aryl methyl sites for hydroxylation is 1. The Morgan fingerprint density at radius 1 is 1.53 bits per heavy atom. The Labute approximate surface area is 112 Å². The van der Waals surface area contributed by atoms with Crippen LogP contribution in [0.25, 0.3) is 0 Å². The van der Waals surface area contributed by atoms with E-state index in [1.807, 2.05) is 25.1 Å². The maximum Gasteiger partial charge on any atom is 0.221 e. The summed E-state index contributed by atoms with van der Waals surface area (Å²) < 4.78 is 2.44. The van der Waals surface area contributed by atoms with Crippen molar-refractivity contribution in [1.29, 1.82) is 0 Å². The average Bonchev–Trinajstić information content (AvgIpc) is 2.56. The van der Waals surface area contributed by atoms with Crippen molar-refractivity contribution in [3.63, 3.8) is 0 Å². The number of aromatic nitrogens is 2. The fraction of sp³-hybridized carbons (Fsp3) is 0.0909. The smallest absolute Gasteiger partial charge is 0.221 e. The van der Waals surface area contributed by atoms with Gasteiger partial charge < -0.3 is 5.73 Å². The van der Waals surface area contributed by atoms with E-state index in [4.69, 9.17) is 17.3 Å². The topological polar surface area (TPSA) is 56.2 Å². The molecule has 0 unspecified atom stereocenters. The van der Waals surface area contributed by atoms with Crippen LogP contribution in [0.1, 0.15) is 11.3 Å². The SMILES string of the molecule is Cc1cn(N=Cc2ccc(Br)cc2Cl)c(N)n1. The summed E-state index contributed by atoms with van der Waals surface area (Å²) in [5.74, 6) is 0.354. The fourth-order valence-corrected chi connectivity index (χ4v) is 2.05. The summed E-state index contributed by atoms with van der Waals surface area (Å²) in [6.07, 6.45) is 3.39. The molecule has 2 N–H and O–H groups in total. The van der Waals surface area contributed by atoms with Crippen LogP contribution in [0.5, 0.6) is 0 Å². The maximum atomic E-state index is 6.06. The van der Waals surface area contributed by atoms with Gasteiger partial charge in [0.25, 0.3) is 0 Å². The van der Waals surface area contributed by atoms with E-state index in [0.717, 1.165) is 15.7 Å². The maximum absolute atomic E-state index is 6.06. The molecule has 0 aliphatic heterocycles. The van der Waals surface area contributed by atoms with Gasteiger partial charge in [-0.15, -0.1) is 0 Å². The Bertz CT molecular complexity index is 577. The highest BCUT2D eigenvalue weighted by molar-refractivity contribution is 9.10. The van der Waals surface area contributed by atoms with Crippen molar-refractivity contribution in [3.05, 3.63) is 45.1 Å². The Balaban J connectivity index is 2.29. The van der Waals surface area contributed by atoms with Crippen molar-refractivity contribution < 1.29 is 0 Å². The molecule has 1 aromatic carbocycles. The zero-order valence-electron chi connectivity index (χ0n) is 9.06. The number of benzene rings is 1. The summed E-state index contributed by atoms with van der Waals surface area (Å²) in [5, 5.41) is 4.82. The number of rotatable bonds is 2. The first kappa shape index (κ1) is 12.1. The van der Waals surface area contributed by atoms with Crippen LogP contribution in [0.2, 0.25) is 5.02 Å². The predicted molar refractivity (Wildman–Crippen MR) is 73.5 cm³/mol. The monoisotopic (exact) mass is 312 g/mol. The molecule has 6 heteroatoms. The molecule has 1 aromatic heterocycles. The number of nitrogens with zero attached hydrogens (tertiary/aromatic N) is 3. The lowest BCUT2D eigenvalue weighted by molar-refractivity contribution is 0.897. The summed E-state index contributed by atoms with van der Waals surface area (Å²) >= 11 is 9.41. The minimum absolute atomic E-state index is 0.354. The highest BCUT2D eigenvalue weighted by Crippen LogP contribution is 2.20. The van der Waals surface area contributed by atoms with E-state index in [2.05, 4.69) is 26.0 Å². The van der Waals surface area contributed by atoms with Gasteiger partial charge in [-0.1, -0.05) is 33.6 Å². The van der Waals surface area contributed by atoms with Gasteiger partial charge in [0.05, 0.1) is 23.1 Å². The Kier molecular flexibility index (Phi) is 3.49. The van der Waals surface area contributed by atoms with Gasteiger partial charge in [0.15, 0.2) is 0 Å². The summed E-state index contributed by atoms with van der Waals surface area (Å²) in [6, 6.07) is 5.58. The van der Waals surface area contributed by atoms with Crippen molar-refractivity contribution in [2.75, 3.05) is 5.73 Å². The largest absolute Gasteiger partial charge is 0.368 e. The fourth-order valence-electron chi connectivity index (χ4n) is 1.33. The number of halogens is 2. The van der Waals surface area contributed by atoms with Gasteiger partial charge >= 0.3 is 0 Å². The van der Waals surface area contributed by atoms with Gasteiger partial charge in [-0.05, 0) is 19.1 Å². The molecule has 0 saturated heterocycles. The molecule has 88 valence electrons. The molecular weight excluding hydrogens is 304 g/mol.